The van der Waals surface area contributed by atoms with E-state index in [1.54, 1.807) is 0 Å². The predicted octanol–water partition coefficient (Wildman–Crippen LogP) is 4.31. The largest absolute Gasteiger partial charge is 0.465 e. The van der Waals surface area contributed by atoms with Crippen LogP contribution in [0.4, 0.5) is 22.2 Å². The van der Waals surface area contributed by atoms with E-state index in [9.17, 15) is 14.9 Å². The van der Waals surface area contributed by atoms with Crippen molar-refractivity contribution in [1.82, 2.24) is 15.3 Å². The van der Waals surface area contributed by atoms with Gasteiger partial charge in [0.25, 0.3) is 0 Å². The lowest BCUT2D eigenvalue weighted by atomic mass is 9.86. The highest BCUT2D eigenvalue weighted by atomic mass is 79.9. The Morgan fingerprint density at radius 3 is 2.71 bits per heavy atom. The van der Waals surface area contributed by atoms with Crippen LogP contribution in [0.1, 0.15) is 36.8 Å². The van der Waals surface area contributed by atoms with Crippen molar-refractivity contribution in [1.29, 1.82) is 0 Å². The van der Waals surface area contributed by atoms with E-state index in [4.69, 9.17) is 5.11 Å². The Hall–Kier alpha value is -2.95. The van der Waals surface area contributed by atoms with Crippen molar-refractivity contribution in [2.75, 3.05) is 17.2 Å². The molecule has 0 unspecified atom stereocenters. The number of hydrogen-bond donors (Lipinski definition) is 4. The molecule has 0 spiro atoms. The molecule has 1 aromatic carbocycles. The van der Waals surface area contributed by atoms with E-state index in [2.05, 4.69) is 41.8 Å². The molecule has 1 fully saturated rings. The molecule has 10 nitrogen and oxygen atoms in total. The van der Waals surface area contributed by atoms with Gasteiger partial charge in [-0.15, -0.1) is 0 Å². The fraction of sp³-hybridized carbons (Fsp3) is 0.450. The van der Waals surface area contributed by atoms with Gasteiger partial charge >= 0.3 is 11.8 Å². The number of nitrogens with zero attached hydrogens (tertiary/aromatic N) is 3. The van der Waals surface area contributed by atoms with E-state index in [-0.39, 0.29) is 17.5 Å². The number of carbonyl (C=O) groups is 1. The van der Waals surface area contributed by atoms with E-state index in [1.807, 2.05) is 25.1 Å². The number of nitrogens with one attached hydrogen (secondary N) is 3. The molecule has 4 N–H and O–H groups in total. The van der Waals surface area contributed by atoms with Crippen LogP contribution < -0.4 is 16.0 Å². The minimum atomic E-state index is -1.00. The molecule has 1 aliphatic carbocycles. The number of amides is 1. The molecular weight excluding hydrogens is 468 g/mol. The summed E-state index contributed by atoms with van der Waals surface area (Å²) in [6.07, 6.45) is 3.39. The Balaban J connectivity index is 1.62. The number of aromatic nitrogens is 2. The van der Waals surface area contributed by atoms with Crippen molar-refractivity contribution in [2.45, 2.75) is 45.2 Å². The standard InChI is InChI=1S/C20H25BrN6O4/c1-12-14(3-2-4-16(12)21)10-23-19-24-11-17(27(30)31)18(26-19)22-9-13-5-7-15(8-6-13)25-20(28)29/h2-4,11,13,15,25H,5-10H2,1H3,(H,28,29)(H2,22,23,24,26)/t13-,15-. The van der Waals surface area contributed by atoms with Crippen LogP contribution in [0.25, 0.3) is 0 Å². The third kappa shape index (κ3) is 6.27. The molecule has 31 heavy (non-hydrogen) atoms. The summed E-state index contributed by atoms with van der Waals surface area (Å²) in [4.78, 5) is 30.1. The number of nitro groups is 1. The van der Waals surface area contributed by atoms with Gasteiger partial charge in [0, 0.05) is 23.6 Å². The van der Waals surface area contributed by atoms with Gasteiger partial charge in [0.05, 0.1) is 4.92 Å². The number of carboxylic acid groups (broad SMARTS) is 1. The zero-order valence-electron chi connectivity index (χ0n) is 17.1. The normalized spacial score (nSPS) is 18.3. The Morgan fingerprint density at radius 2 is 2.03 bits per heavy atom. The predicted molar refractivity (Wildman–Crippen MR) is 120 cm³/mol. The van der Waals surface area contributed by atoms with Crippen LogP contribution in [-0.2, 0) is 6.54 Å². The molecular formula is C20H25BrN6O4. The average Bonchev–Trinajstić information content (AvgIpc) is 2.74. The number of halogens is 1. The van der Waals surface area contributed by atoms with Crippen LogP contribution in [0.2, 0.25) is 0 Å². The molecule has 0 saturated heterocycles. The first-order chi connectivity index (χ1) is 14.8. The summed E-state index contributed by atoms with van der Waals surface area (Å²) in [5, 5.41) is 29.0. The number of anilines is 2. The van der Waals surface area contributed by atoms with Crippen LogP contribution >= 0.6 is 15.9 Å². The second-order valence-electron chi connectivity index (χ2n) is 7.61. The Kier molecular flexibility index (Phi) is 7.61. The topological polar surface area (TPSA) is 142 Å². The van der Waals surface area contributed by atoms with Gasteiger partial charge in [-0.25, -0.2) is 9.78 Å². The van der Waals surface area contributed by atoms with Crippen LogP contribution in [-0.4, -0.2) is 38.7 Å². The molecule has 166 valence electrons. The second kappa shape index (κ2) is 10.4. The van der Waals surface area contributed by atoms with Crippen LogP contribution in [0, 0.1) is 23.0 Å². The van der Waals surface area contributed by atoms with E-state index >= 15 is 0 Å². The quantitative estimate of drug-likeness (QED) is 0.315. The summed E-state index contributed by atoms with van der Waals surface area (Å²) in [5.74, 6) is 0.781. The smallest absolute Gasteiger partial charge is 0.404 e. The maximum absolute atomic E-state index is 11.4. The lowest BCUT2D eigenvalue weighted by Gasteiger charge is -2.28. The minimum Gasteiger partial charge on any atom is -0.465 e. The molecule has 1 saturated carbocycles. The summed E-state index contributed by atoms with van der Waals surface area (Å²) >= 11 is 3.51. The Morgan fingerprint density at radius 1 is 1.29 bits per heavy atom. The maximum Gasteiger partial charge on any atom is 0.404 e. The van der Waals surface area contributed by atoms with Gasteiger partial charge in [-0.1, -0.05) is 28.1 Å². The zero-order chi connectivity index (χ0) is 22.4. The van der Waals surface area contributed by atoms with Gasteiger partial charge < -0.3 is 21.1 Å². The Labute approximate surface area is 188 Å². The molecule has 0 aliphatic heterocycles. The van der Waals surface area contributed by atoms with Crippen LogP contribution in [0.3, 0.4) is 0 Å². The van der Waals surface area contributed by atoms with Gasteiger partial charge in [0.15, 0.2) is 0 Å². The summed E-state index contributed by atoms with van der Waals surface area (Å²) < 4.78 is 1.01. The van der Waals surface area contributed by atoms with Gasteiger partial charge in [0.1, 0.15) is 6.20 Å². The third-order valence-electron chi connectivity index (χ3n) is 5.52. The summed E-state index contributed by atoms with van der Waals surface area (Å²) in [7, 11) is 0. The minimum absolute atomic E-state index is 0.0283. The Bertz CT molecular complexity index is 949. The first-order valence-electron chi connectivity index (χ1n) is 10.1. The molecule has 0 radical (unpaired) electrons. The lowest BCUT2D eigenvalue weighted by Crippen LogP contribution is -2.37. The average molecular weight is 493 g/mol. The maximum atomic E-state index is 11.4. The molecule has 11 heteroatoms. The first-order valence-corrected chi connectivity index (χ1v) is 10.9. The summed E-state index contributed by atoms with van der Waals surface area (Å²) in [6.45, 7) is 3.02. The van der Waals surface area contributed by atoms with Gasteiger partial charge in [-0.05, 0) is 55.7 Å². The van der Waals surface area contributed by atoms with E-state index < -0.39 is 11.0 Å². The first kappa shape index (κ1) is 22.7. The SMILES string of the molecule is Cc1c(Br)cccc1CNc1ncc([N+](=O)[O-])c(NC[C@H]2CC[C@H](NC(=O)O)CC2)n1. The molecule has 1 amide bonds. The number of rotatable bonds is 8. The van der Waals surface area contributed by atoms with Crippen LogP contribution in [0.15, 0.2) is 28.9 Å². The second-order valence-corrected chi connectivity index (χ2v) is 8.46. The van der Waals surface area contributed by atoms with Crippen LogP contribution in [0.5, 0.6) is 0 Å². The van der Waals surface area contributed by atoms with E-state index in [1.165, 1.54) is 6.20 Å². The van der Waals surface area contributed by atoms with Crippen molar-refractivity contribution in [3.05, 3.63) is 50.1 Å². The lowest BCUT2D eigenvalue weighted by molar-refractivity contribution is -0.384. The highest BCUT2D eigenvalue weighted by Gasteiger charge is 2.24. The van der Waals surface area contributed by atoms with E-state index in [0.717, 1.165) is 41.3 Å². The third-order valence-corrected chi connectivity index (χ3v) is 6.37. The highest BCUT2D eigenvalue weighted by molar-refractivity contribution is 9.10. The highest BCUT2D eigenvalue weighted by Crippen LogP contribution is 2.27. The van der Waals surface area contributed by atoms with Crippen molar-refractivity contribution in [3.8, 4) is 0 Å². The molecule has 3 rings (SSSR count). The fourth-order valence-electron chi connectivity index (χ4n) is 3.67. The van der Waals surface area contributed by atoms with E-state index in [0.29, 0.717) is 25.0 Å². The summed E-state index contributed by atoms with van der Waals surface area (Å²) in [5.41, 5.74) is 1.99. The van der Waals surface area contributed by atoms with Crippen molar-refractivity contribution in [2.24, 2.45) is 5.92 Å². The zero-order valence-corrected chi connectivity index (χ0v) is 18.7. The molecule has 1 heterocycles. The summed E-state index contributed by atoms with van der Waals surface area (Å²) in [6, 6.07) is 5.87. The molecule has 0 atom stereocenters. The number of hydrogen-bond acceptors (Lipinski definition) is 7. The van der Waals surface area contributed by atoms with Gasteiger partial charge in [0.2, 0.25) is 11.8 Å². The van der Waals surface area contributed by atoms with Gasteiger partial charge in [-0.2, -0.15) is 4.98 Å². The number of benzene rings is 1. The molecule has 1 aliphatic rings. The fourth-order valence-corrected chi connectivity index (χ4v) is 4.08. The molecule has 0 bridgehead atoms. The monoisotopic (exact) mass is 492 g/mol. The van der Waals surface area contributed by atoms with Gasteiger partial charge in [-0.3, -0.25) is 10.1 Å². The molecule has 2 aromatic rings. The molecule has 1 aromatic heterocycles. The van der Waals surface area contributed by atoms with Crippen molar-refractivity contribution >= 4 is 39.5 Å². The van der Waals surface area contributed by atoms with Crippen molar-refractivity contribution in [3.63, 3.8) is 0 Å². The van der Waals surface area contributed by atoms with Crippen molar-refractivity contribution < 1.29 is 14.8 Å².